The van der Waals surface area contributed by atoms with Crippen molar-refractivity contribution in [1.29, 1.82) is 0 Å². The fourth-order valence-corrected chi connectivity index (χ4v) is 5.41. The Morgan fingerprint density at radius 3 is 2.83 bits per heavy atom. The number of hydrogen-bond donors (Lipinski definition) is 2. The Balaban J connectivity index is 1.61. The van der Waals surface area contributed by atoms with Crippen LogP contribution in [0.2, 0.25) is 0 Å². The fourth-order valence-electron chi connectivity index (χ4n) is 5.41. The van der Waals surface area contributed by atoms with Crippen LogP contribution in [0.25, 0.3) is 22.3 Å². The van der Waals surface area contributed by atoms with Crippen molar-refractivity contribution >= 4 is 16.9 Å². The largest absolute Gasteiger partial charge is 0.507 e. The van der Waals surface area contributed by atoms with Crippen LogP contribution in [0.15, 0.2) is 43.0 Å². The molecule has 30 heavy (non-hydrogen) atoms. The number of benzene rings is 1. The Kier molecular flexibility index (Phi) is 4.38. The molecular formula is C24H26N4O2. The maximum absolute atomic E-state index is 12.3. The molecule has 3 heterocycles. The van der Waals surface area contributed by atoms with Gasteiger partial charge in [-0.3, -0.25) is 4.79 Å². The lowest BCUT2D eigenvalue weighted by molar-refractivity contribution is -0.137. The molecule has 2 aromatic heterocycles. The van der Waals surface area contributed by atoms with E-state index in [-0.39, 0.29) is 29.5 Å². The average Bonchev–Trinajstić information content (AvgIpc) is 3.25. The van der Waals surface area contributed by atoms with Gasteiger partial charge in [0.15, 0.2) is 5.65 Å². The summed E-state index contributed by atoms with van der Waals surface area (Å²) in [5.74, 6) is 1.34. The molecule has 6 nitrogen and oxygen atoms in total. The molecule has 0 radical (unpaired) electrons. The van der Waals surface area contributed by atoms with Crippen LogP contribution in [-0.4, -0.2) is 43.7 Å². The van der Waals surface area contributed by atoms with Crippen molar-refractivity contribution in [3.8, 4) is 17.0 Å². The number of aromatic hydroxyl groups is 1. The van der Waals surface area contributed by atoms with Gasteiger partial charge in [0, 0.05) is 35.1 Å². The van der Waals surface area contributed by atoms with Gasteiger partial charge in [0.25, 0.3) is 0 Å². The number of aromatic nitrogens is 3. The van der Waals surface area contributed by atoms with Crippen LogP contribution in [0.3, 0.4) is 0 Å². The van der Waals surface area contributed by atoms with Crippen molar-refractivity contribution in [2.45, 2.75) is 44.6 Å². The van der Waals surface area contributed by atoms with Crippen molar-refractivity contribution in [3.63, 3.8) is 0 Å². The van der Waals surface area contributed by atoms with Gasteiger partial charge in [0.05, 0.1) is 5.69 Å². The zero-order chi connectivity index (χ0) is 21.0. The van der Waals surface area contributed by atoms with Crippen LogP contribution in [0.1, 0.15) is 49.8 Å². The summed E-state index contributed by atoms with van der Waals surface area (Å²) in [6, 6.07) is 9.44. The summed E-state index contributed by atoms with van der Waals surface area (Å²) >= 11 is 0. The first-order chi connectivity index (χ1) is 14.5. The van der Waals surface area contributed by atoms with Crippen LogP contribution in [0.5, 0.6) is 5.75 Å². The summed E-state index contributed by atoms with van der Waals surface area (Å²) < 4.78 is 0. The first kappa shape index (κ1) is 18.9. The van der Waals surface area contributed by atoms with Crippen molar-refractivity contribution in [2.24, 2.45) is 5.92 Å². The van der Waals surface area contributed by atoms with Crippen molar-refractivity contribution in [1.82, 2.24) is 20.1 Å². The molecule has 154 valence electrons. The van der Waals surface area contributed by atoms with Gasteiger partial charge in [-0.2, -0.15) is 0 Å². The smallest absolute Gasteiger partial charge is 0.246 e. The minimum atomic E-state index is 0.0204. The summed E-state index contributed by atoms with van der Waals surface area (Å²) in [7, 11) is 0. The van der Waals surface area contributed by atoms with Crippen molar-refractivity contribution in [2.75, 3.05) is 6.54 Å². The third-order valence-corrected chi connectivity index (χ3v) is 6.75. The van der Waals surface area contributed by atoms with Crippen LogP contribution in [0.4, 0.5) is 0 Å². The van der Waals surface area contributed by atoms with Gasteiger partial charge in [-0.1, -0.05) is 32.6 Å². The quantitative estimate of drug-likeness (QED) is 0.636. The highest BCUT2D eigenvalue weighted by Crippen LogP contribution is 2.50. The van der Waals surface area contributed by atoms with E-state index in [1.54, 1.807) is 12.1 Å². The van der Waals surface area contributed by atoms with E-state index in [2.05, 4.69) is 35.6 Å². The minimum Gasteiger partial charge on any atom is -0.507 e. The van der Waals surface area contributed by atoms with Gasteiger partial charge < -0.3 is 15.0 Å². The van der Waals surface area contributed by atoms with Gasteiger partial charge in [0.1, 0.15) is 5.75 Å². The highest BCUT2D eigenvalue weighted by Gasteiger charge is 2.51. The molecule has 3 aromatic rings. The summed E-state index contributed by atoms with van der Waals surface area (Å²) in [5.41, 5.74) is 4.51. The lowest BCUT2D eigenvalue weighted by Gasteiger charge is -2.46. The van der Waals surface area contributed by atoms with E-state index in [4.69, 9.17) is 0 Å². The number of carbonyl (C=O) groups is 1. The number of hydrogen-bond acceptors (Lipinski definition) is 4. The summed E-state index contributed by atoms with van der Waals surface area (Å²) in [4.78, 5) is 17.8. The van der Waals surface area contributed by atoms with Crippen LogP contribution in [0, 0.1) is 5.92 Å². The standard InChI is InChI=1S/C24H26N4O2/c1-4-20(30)28-12-14-9-10-16(23(14)28)22-21(13(2)3)17-11-18(26-27-24(17)25-22)15-7-5-6-8-19(15)29/h4-8,11,13-14,16,23,29H,1,9-10,12H2,2-3H3,(H,25,27). The number of nitrogens with zero attached hydrogens (tertiary/aromatic N) is 3. The third-order valence-electron chi connectivity index (χ3n) is 6.75. The second kappa shape index (κ2) is 6.97. The average molecular weight is 402 g/mol. The molecule has 2 N–H and O–H groups in total. The summed E-state index contributed by atoms with van der Waals surface area (Å²) in [5, 5.41) is 20.1. The van der Waals surface area contributed by atoms with Crippen molar-refractivity contribution < 1.29 is 9.90 Å². The van der Waals surface area contributed by atoms with Gasteiger partial charge >= 0.3 is 0 Å². The number of rotatable bonds is 4. The molecule has 2 aliphatic rings. The maximum Gasteiger partial charge on any atom is 0.246 e. The normalized spacial score (nSPS) is 22.9. The van der Waals surface area contributed by atoms with Gasteiger partial charge in [0.2, 0.25) is 5.91 Å². The van der Waals surface area contributed by atoms with Gasteiger partial charge in [-0.15, -0.1) is 10.2 Å². The monoisotopic (exact) mass is 402 g/mol. The Labute approximate surface area is 175 Å². The van der Waals surface area contributed by atoms with E-state index < -0.39 is 0 Å². The zero-order valence-corrected chi connectivity index (χ0v) is 17.3. The van der Waals surface area contributed by atoms with Crippen LogP contribution < -0.4 is 0 Å². The summed E-state index contributed by atoms with van der Waals surface area (Å²) in [6.07, 6.45) is 3.62. The van der Waals surface area contributed by atoms with E-state index in [0.29, 0.717) is 17.2 Å². The third kappa shape index (κ3) is 2.74. The molecule has 0 bridgehead atoms. The van der Waals surface area contributed by atoms with E-state index in [9.17, 15) is 9.90 Å². The maximum atomic E-state index is 12.3. The van der Waals surface area contributed by atoms with Crippen LogP contribution in [-0.2, 0) is 4.79 Å². The van der Waals surface area contributed by atoms with Crippen LogP contribution >= 0.6 is 0 Å². The SMILES string of the molecule is C=CC(=O)N1CC2CCC(c3[nH]c4nnc(-c5ccccc5O)cc4c3C(C)C)C21. The molecule has 2 fully saturated rings. The highest BCUT2D eigenvalue weighted by atomic mass is 16.3. The predicted molar refractivity (Wildman–Crippen MR) is 116 cm³/mol. The Morgan fingerprint density at radius 1 is 1.30 bits per heavy atom. The van der Waals surface area contributed by atoms with E-state index in [0.717, 1.165) is 30.4 Å². The number of phenolic OH excluding ortho intramolecular Hbond substituents is 1. The molecule has 5 rings (SSSR count). The Hall–Kier alpha value is -3.15. The lowest BCUT2D eigenvalue weighted by atomic mass is 9.83. The summed E-state index contributed by atoms with van der Waals surface area (Å²) in [6.45, 7) is 8.87. The predicted octanol–water partition coefficient (Wildman–Crippen LogP) is 4.34. The molecular weight excluding hydrogens is 376 g/mol. The number of carbonyl (C=O) groups excluding carboxylic acids is 1. The number of nitrogens with one attached hydrogen (secondary N) is 1. The number of likely N-dealkylation sites (tertiary alicyclic amines) is 1. The van der Waals surface area contributed by atoms with E-state index in [1.807, 2.05) is 23.1 Å². The highest BCUT2D eigenvalue weighted by molar-refractivity contribution is 5.89. The first-order valence-electron chi connectivity index (χ1n) is 10.6. The fraction of sp³-hybridized carbons (Fsp3) is 0.375. The second-order valence-electron chi connectivity index (χ2n) is 8.75. The molecule has 1 aliphatic carbocycles. The number of amides is 1. The minimum absolute atomic E-state index is 0.0204. The van der Waals surface area contributed by atoms with Gasteiger partial charge in [-0.05, 0) is 54.5 Å². The molecule has 1 amide bonds. The lowest BCUT2D eigenvalue weighted by Crippen LogP contribution is -2.57. The van der Waals surface area contributed by atoms with Gasteiger partial charge in [-0.25, -0.2) is 0 Å². The molecule has 1 aromatic carbocycles. The molecule has 1 aliphatic heterocycles. The molecule has 3 unspecified atom stereocenters. The topological polar surface area (TPSA) is 82.1 Å². The number of aromatic amines is 1. The second-order valence-corrected chi connectivity index (χ2v) is 8.75. The Bertz CT molecular complexity index is 1150. The van der Waals surface area contributed by atoms with E-state index in [1.165, 1.54) is 17.3 Å². The Morgan fingerprint density at radius 2 is 2.10 bits per heavy atom. The molecule has 1 saturated carbocycles. The molecule has 1 saturated heterocycles. The van der Waals surface area contributed by atoms with E-state index >= 15 is 0 Å². The number of fused-ring (bicyclic) bond motifs is 2. The molecule has 0 spiro atoms. The molecule has 6 heteroatoms. The number of para-hydroxylation sites is 1. The number of phenols is 1. The first-order valence-corrected chi connectivity index (χ1v) is 10.6. The number of H-pyrrole nitrogens is 1. The van der Waals surface area contributed by atoms with Crippen molar-refractivity contribution in [3.05, 3.63) is 54.2 Å². The molecule has 3 atom stereocenters. The zero-order valence-electron chi connectivity index (χ0n) is 17.3.